The Morgan fingerprint density at radius 3 is 2.33 bits per heavy atom. The minimum Gasteiger partial charge on any atom is -0.493 e. The maximum absolute atomic E-state index is 14.1. The van der Waals surface area contributed by atoms with Crippen molar-refractivity contribution in [1.82, 2.24) is 4.57 Å². The predicted molar refractivity (Wildman–Crippen MR) is 162 cm³/mol. The van der Waals surface area contributed by atoms with Crippen molar-refractivity contribution in [2.45, 2.75) is 28.9 Å². The molecule has 1 aromatic heterocycles. The SMILES string of the molecule is COc1ccc([C@H]2c3sc(=O)n(CC(=O)Nc4ccc(F)cc4)c3SC3C(=O)N(c4cccc(C(F)(F)F)c4)C(=O)C32)cc1OC. The number of amides is 3. The van der Waals surface area contributed by atoms with Gasteiger partial charge in [0.05, 0.1) is 36.4 Å². The fourth-order valence-corrected chi connectivity index (χ4v) is 8.39. The highest BCUT2D eigenvalue weighted by Gasteiger charge is 2.57. The second-order valence-corrected chi connectivity index (χ2v) is 12.5. The molecule has 238 valence electrons. The van der Waals surface area contributed by atoms with Gasteiger partial charge in [0.1, 0.15) is 17.6 Å². The fraction of sp³-hybridized carbons (Fsp3) is 0.226. The molecule has 6 rings (SSSR count). The molecule has 15 heteroatoms. The van der Waals surface area contributed by atoms with E-state index in [1.165, 1.54) is 37.0 Å². The Hall–Kier alpha value is -4.63. The Bertz CT molecular complexity index is 1920. The van der Waals surface area contributed by atoms with E-state index < -0.39 is 63.8 Å². The van der Waals surface area contributed by atoms with Crippen LogP contribution in [0.25, 0.3) is 0 Å². The van der Waals surface area contributed by atoms with Crippen molar-refractivity contribution in [2.75, 3.05) is 24.4 Å². The van der Waals surface area contributed by atoms with Crippen molar-refractivity contribution >= 4 is 52.2 Å². The Kier molecular flexibility index (Phi) is 8.14. The maximum Gasteiger partial charge on any atom is 0.416 e. The number of benzene rings is 3. The maximum atomic E-state index is 14.1. The fourth-order valence-electron chi connectivity index (χ4n) is 5.61. The van der Waals surface area contributed by atoms with E-state index in [0.29, 0.717) is 27.6 Å². The molecule has 0 spiro atoms. The number of imide groups is 1. The van der Waals surface area contributed by atoms with Gasteiger partial charge in [-0.05, 0) is 60.2 Å². The van der Waals surface area contributed by atoms with Crippen LogP contribution in [0.15, 0.2) is 76.6 Å². The summed E-state index contributed by atoms with van der Waals surface area (Å²) in [4.78, 5) is 54.9. The van der Waals surface area contributed by atoms with Crippen LogP contribution in [0, 0.1) is 11.7 Å². The molecule has 2 unspecified atom stereocenters. The molecule has 4 aromatic rings. The minimum atomic E-state index is -4.71. The third-order valence-corrected chi connectivity index (χ3v) is 10.3. The molecule has 46 heavy (non-hydrogen) atoms. The van der Waals surface area contributed by atoms with Gasteiger partial charge >= 0.3 is 11.0 Å². The molecule has 3 heterocycles. The number of carbonyl (C=O) groups excluding carboxylic acids is 3. The summed E-state index contributed by atoms with van der Waals surface area (Å²) in [6, 6.07) is 13.9. The van der Waals surface area contributed by atoms with Crippen LogP contribution < -0.4 is 24.6 Å². The number of methoxy groups -OCH3 is 2. The average Bonchev–Trinajstić information content (AvgIpc) is 3.47. The smallest absolute Gasteiger partial charge is 0.416 e. The molecule has 3 atom stereocenters. The van der Waals surface area contributed by atoms with Crippen molar-refractivity contribution in [2.24, 2.45) is 5.92 Å². The van der Waals surface area contributed by atoms with E-state index in [4.69, 9.17) is 9.47 Å². The second-order valence-electron chi connectivity index (χ2n) is 10.4. The van der Waals surface area contributed by atoms with E-state index in [0.717, 1.165) is 58.3 Å². The number of anilines is 2. The molecular formula is C31H23F4N3O6S2. The van der Waals surface area contributed by atoms with Crippen LogP contribution in [-0.2, 0) is 27.1 Å². The van der Waals surface area contributed by atoms with Crippen LogP contribution in [0.3, 0.4) is 0 Å². The molecule has 2 aliphatic heterocycles. The molecule has 0 bridgehead atoms. The van der Waals surface area contributed by atoms with Gasteiger partial charge in [-0.15, -0.1) is 0 Å². The third kappa shape index (κ3) is 5.53. The van der Waals surface area contributed by atoms with Gasteiger partial charge in [-0.2, -0.15) is 13.2 Å². The number of alkyl halides is 3. The molecule has 3 amide bonds. The lowest BCUT2D eigenvalue weighted by atomic mass is 9.83. The number of hydrogen-bond donors (Lipinski definition) is 1. The van der Waals surface area contributed by atoms with Crippen molar-refractivity contribution in [3.63, 3.8) is 0 Å². The quantitative estimate of drug-likeness (QED) is 0.204. The zero-order chi connectivity index (χ0) is 32.9. The number of fused-ring (bicyclic) bond motifs is 2. The standard InChI is InChI=1S/C31H23F4N3O6S2/c1-43-20-11-6-15(12-21(20)44-2)23-24-25(28(41)38(27(24)40)19-5-3-4-16(13-19)31(33,34)35)45-29-26(23)46-30(42)37(29)14-22(39)36-18-9-7-17(32)8-10-18/h3-13,23-25H,14H2,1-2H3,(H,36,39)/t23-,24?,25?/m1/s1. The number of hydrogen-bond acceptors (Lipinski definition) is 8. The van der Waals surface area contributed by atoms with E-state index in [1.54, 1.807) is 18.2 Å². The predicted octanol–water partition coefficient (Wildman–Crippen LogP) is 5.52. The van der Waals surface area contributed by atoms with Crippen LogP contribution in [0.5, 0.6) is 11.5 Å². The van der Waals surface area contributed by atoms with Crippen molar-refractivity contribution < 1.29 is 41.4 Å². The van der Waals surface area contributed by atoms with E-state index in [2.05, 4.69) is 5.32 Å². The Balaban J connectivity index is 1.44. The normalized spacial score (nSPS) is 19.1. The first-order valence-corrected chi connectivity index (χ1v) is 15.3. The Morgan fingerprint density at radius 2 is 1.65 bits per heavy atom. The average molecular weight is 674 g/mol. The van der Waals surface area contributed by atoms with Gasteiger partial charge in [0.15, 0.2) is 11.5 Å². The number of carbonyl (C=O) groups is 3. The molecule has 3 aromatic carbocycles. The number of halogens is 4. The molecule has 0 radical (unpaired) electrons. The van der Waals surface area contributed by atoms with E-state index in [1.807, 2.05) is 0 Å². The lowest BCUT2D eigenvalue weighted by Crippen LogP contribution is -2.33. The van der Waals surface area contributed by atoms with Crippen LogP contribution in [0.2, 0.25) is 0 Å². The first kappa shape index (κ1) is 31.4. The monoisotopic (exact) mass is 673 g/mol. The van der Waals surface area contributed by atoms with Gasteiger partial charge in [0.25, 0.3) is 0 Å². The Morgan fingerprint density at radius 1 is 0.935 bits per heavy atom. The van der Waals surface area contributed by atoms with E-state index >= 15 is 0 Å². The lowest BCUT2D eigenvalue weighted by Gasteiger charge is -2.31. The first-order chi connectivity index (χ1) is 21.9. The van der Waals surface area contributed by atoms with Crippen molar-refractivity contribution in [3.8, 4) is 11.5 Å². The summed E-state index contributed by atoms with van der Waals surface area (Å²) < 4.78 is 66.0. The van der Waals surface area contributed by atoms with Crippen LogP contribution in [0.4, 0.5) is 28.9 Å². The van der Waals surface area contributed by atoms with Gasteiger partial charge in [-0.25, -0.2) is 9.29 Å². The Labute approximate surface area is 266 Å². The number of nitrogens with one attached hydrogen (secondary N) is 1. The minimum absolute atomic E-state index is 0.231. The van der Waals surface area contributed by atoms with Gasteiger partial charge in [-0.3, -0.25) is 23.7 Å². The van der Waals surface area contributed by atoms with Gasteiger partial charge in [0, 0.05) is 16.5 Å². The summed E-state index contributed by atoms with van der Waals surface area (Å²) in [5.41, 5.74) is -0.465. The zero-order valence-electron chi connectivity index (χ0n) is 24.0. The van der Waals surface area contributed by atoms with Crippen LogP contribution >= 0.6 is 23.1 Å². The van der Waals surface area contributed by atoms with Crippen LogP contribution in [0.1, 0.15) is 21.9 Å². The summed E-state index contributed by atoms with van der Waals surface area (Å²) in [7, 11) is 2.86. The first-order valence-electron chi connectivity index (χ1n) is 13.6. The highest BCUT2D eigenvalue weighted by Crippen LogP contribution is 2.54. The third-order valence-electron chi connectivity index (χ3n) is 7.68. The molecule has 1 fully saturated rings. The highest BCUT2D eigenvalue weighted by atomic mass is 32.2. The molecule has 9 nitrogen and oxygen atoms in total. The van der Waals surface area contributed by atoms with Crippen molar-refractivity contribution in [1.29, 1.82) is 0 Å². The molecular weight excluding hydrogens is 650 g/mol. The molecule has 0 aliphatic carbocycles. The molecule has 0 saturated carbocycles. The molecule has 1 saturated heterocycles. The van der Waals surface area contributed by atoms with Crippen molar-refractivity contribution in [3.05, 3.63) is 98.2 Å². The highest BCUT2D eigenvalue weighted by molar-refractivity contribution is 8.00. The number of rotatable bonds is 7. The number of nitrogens with zero attached hydrogens (tertiary/aromatic N) is 2. The molecule has 2 aliphatic rings. The number of ether oxygens (including phenoxy) is 2. The topological polar surface area (TPSA) is 107 Å². The molecule has 1 N–H and O–H groups in total. The lowest BCUT2D eigenvalue weighted by molar-refractivity contribution is -0.137. The number of thioether (sulfide) groups is 1. The van der Waals surface area contributed by atoms with Gasteiger partial charge in [-0.1, -0.05) is 35.2 Å². The zero-order valence-corrected chi connectivity index (χ0v) is 25.6. The van der Waals surface area contributed by atoms with E-state index in [9.17, 15) is 36.7 Å². The van der Waals surface area contributed by atoms with Gasteiger partial charge < -0.3 is 14.8 Å². The second kappa shape index (κ2) is 11.9. The summed E-state index contributed by atoms with van der Waals surface area (Å²) >= 11 is 1.72. The summed E-state index contributed by atoms with van der Waals surface area (Å²) in [6.45, 7) is -0.454. The summed E-state index contributed by atoms with van der Waals surface area (Å²) in [6.07, 6.45) is -4.71. The number of aromatic nitrogens is 1. The van der Waals surface area contributed by atoms with E-state index in [-0.39, 0.29) is 10.7 Å². The number of thiazole rings is 1. The summed E-state index contributed by atoms with van der Waals surface area (Å²) in [5, 5.41) is 1.74. The van der Waals surface area contributed by atoms with Crippen LogP contribution in [-0.4, -0.2) is 41.8 Å². The largest absolute Gasteiger partial charge is 0.493 e. The summed E-state index contributed by atoms with van der Waals surface area (Å²) in [5.74, 6) is -3.87. The van der Waals surface area contributed by atoms with Gasteiger partial charge in [0.2, 0.25) is 17.7 Å².